The van der Waals surface area contributed by atoms with Crippen LogP contribution in [0.3, 0.4) is 0 Å². The van der Waals surface area contributed by atoms with E-state index in [1.165, 1.54) is 29.8 Å². The molecule has 0 spiro atoms. The van der Waals surface area contributed by atoms with Crippen molar-refractivity contribution in [2.45, 2.75) is 26.2 Å². The lowest BCUT2D eigenvalue weighted by molar-refractivity contribution is -0.136. The molecule has 0 fully saturated rings. The normalized spacial score (nSPS) is 11.1. The lowest BCUT2D eigenvalue weighted by Gasteiger charge is -2.05. The van der Waals surface area contributed by atoms with Gasteiger partial charge >= 0.3 is 5.97 Å². The van der Waals surface area contributed by atoms with Gasteiger partial charge in [-0.3, -0.25) is 9.59 Å². The molecule has 2 aromatic carbocycles. The van der Waals surface area contributed by atoms with Crippen LogP contribution < -0.4 is 0 Å². The molecule has 4 heteroatoms. The van der Waals surface area contributed by atoms with Crippen molar-refractivity contribution in [1.29, 1.82) is 0 Å². The molecule has 0 saturated heterocycles. The predicted molar refractivity (Wildman–Crippen MR) is 93.3 cm³/mol. The van der Waals surface area contributed by atoms with Gasteiger partial charge in [-0.15, -0.1) is 0 Å². The highest BCUT2D eigenvalue weighted by Gasteiger charge is 2.10. The number of hydrogen-bond acceptors (Lipinski definition) is 3. The minimum atomic E-state index is -1.06. The second kappa shape index (κ2) is 7.59. The number of aromatic hydroxyl groups is 1. The first-order chi connectivity index (χ1) is 11.4. The molecule has 0 amide bonds. The average molecular weight is 324 g/mol. The summed E-state index contributed by atoms with van der Waals surface area (Å²) in [4.78, 5) is 23.0. The number of phenols is 1. The van der Waals surface area contributed by atoms with Crippen LogP contribution in [0.1, 0.15) is 46.8 Å². The number of phenolic OH excluding ortho intramolecular Hbond substituents is 1. The Bertz CT molecular complexity index is 771. The van der Waals surface area contributed by atoms with E-state index in [1.54, 1.807) is 6.08 Å². The molecular weight excluding hydrogens is 304 g/mol. The first-order valence-electron chi connectivity index (χ1n) is 7.73. The number of carboxylic acids is 1. The van der Waals surface area contributed by atoms with E-state index in [0.29, 0.717) is 11.5 Å². The molecule has 0 saturated carbocycles. The Labute approximate surface area is 141 Å². The number of benzene rings is 2. The number of hydrogen-bond donors (Lipinski definition) is 2. The van der Waals surface area contributed by atoms with E-state index >= 15 is 0 Å². The van der Waals surface area contributed by atoms with Gasteiger partial charge < -0.3 is 10.2 Å². The molecule has 0 aromatic heterocycles. The second-order valence-corrected chi connectivity index (χ2v) is 5.93. The van der Waals surface area contributed by atoms with Gasteiger partial charge in [0.1, 0.15) is 5.75 Å². The number of allylic oxidation sites excluding steroid dienone is 1. The number of rotatable bonds is 6. The van der Waals surface area contributed by atoms with E-state index in [-0.39, 0.29) is 23.5 Å². The van der Waals surface area contributed by atoms with Crippen LogP contribution >= 0.6 is 0 Å². The first-order valence-corrected chi connectivity index (χ1v) is 7.73. The lowest BCUT2D eigenvalue weighted by atomic mass is 10.0. The number of carboxylic acid groups (broad SMARTS) is 1. The van der Waals surface area contributed by atoms with Crippen LogP contribution in [0.25, 0.3) is 6.08 Å². The third kappa shape index (κ3) is 4.56. The zero-order chi connectivity index (χ0) is 17.7. The SMILES string of the molecule is CC(C)c1ccc(C=CC(=O)c2ccc(O)c(CC(=O)O)c2)cc1. The molecular formula is C20H20O4. The summed E-state index contributed by atoms with van der Waals surface area (Å²) in [7, 11) is 0. The van der Waals surface area contributed by atoms with E-state index in [2.05, 4.69) is 13.8 Å². The van der Waals surface area contributed by atoms with E-state index in [9.17, 15) is 14.7 Å². The standard InChI is InChI=1S/C20H20O4/c1-13(2)15-6-3-14(4-7-15)5-9-18(21)16-8-10-19(22)17(11-16)12-20(23)24/h3-11,13,22H,12H2,1-2H3,(H,23,24). The van der Waals surface area contributed by atoms with Crippen molar-refractivity contribution in [3.05, 3.63) is 70.8 Å². The van der Waals surface area contributed by atoms with E-state index in [1.807, 2.05) is 24.3 Å². The maximum Gasteiger partial charge on any atom is 0.307 e. The molecule has 0 aliphatic carbocycles. The summed E-state index contributed by atoms with van der Waals surface area (Å²) < 4.78 is 0. The quantitative estimate of drug-likeness (QED) is 0.621. The summed E-state index contributed by atoms with van der Waals surface area (Å²) in [5.74, 6) is -0.971. The topological polar surface area (TPSA) is 74.6 Å². The fourth-order valence-electron chi connectivity index (χ4n) is 2.30. The Morgan fingerprint density at radius 3 is 2.33 bits per heavy atom. The molecule has 2 N–H and O–H groups in total. The Morgan fingerprint density at radius 1 is 1.08 bits per heavy atom. The monoisotopic (exact) mass is 324 g/mol. The summed E-state index contributed by atoms with van der Waals surface area (Å²) in [6.07, 6.45) is 2.84. The Morgan fingerprint density at radius 2 is 1.75 bits per heavy atom. The van der Waals surface area contributed by atoms with Crippen molar-refractivity contribution in [2.75, 3.05) is 0 Å². The van der Waals surface area contributed by atoms with Crippen LogP contribution in [0.4, 0.5) is 0 Å². The Balaban J connectivity index is 2.15. The van der Waals surface area contributed by atoms with Gasteiger partial charge in [-0.25, -0.2) is 0 Å². The molecule has 2 aromatic rings. The highest BCUT2D eigenvalue weighted by molar-refractivity contribution is 6.07. The van der Waals surface area contributed by atoms with Gasteiger partial charge in [0.15, 0.2) is 5.78 Å². The fourth-order valence-corrected chi connectivity index (χ4v) is 2.30. The minimum absolute atomic E-state index is 0.123. The highest BCUT2D eigenvalue weighted by atomic mass is 16.4. The zero-order valence-corrected chi connectivity index (χ0v) is 13.7. The van der Waals surface area contributed by atoms with Gasteiger partial charge in [-0.1, -0.05) is 44.2 Å². The maximum atomic E-state index is 12.2. The zero-order valence-electron chi connectivity index (χ0n) is 13.7. The molecule has 0 heterocycles. The van der Waals surface area contributed by atoms with Crippen LogP contribution in [-0.4, -0.2) is 22.0 Å². The summed E-state index contributed by atoms with van der Waals surface area (Å²) in [5, 5.41) is 18.5. The molecule has 2 rings (SSSR count). The van der Waals surface area contributed by atoms with E-state index in [0.717, 1.165) is 5.56 Å². The molecule has 24 heavy (non-hydrogen) atoms. The average Bonchev–Trinajstić information content (AvgIpc) is 2.54. The molecule has 0 aliphatic heterocycles. The molecule has 0 atom stereocenters. The third-order valence-electron chi connectivity index (χ3n) is 3.74. The molecule has 0 radical (unpaired) electrons. The van der Waals surface area contributed by atoms with Crippen LogP contribution in [0, 0.1) is 0 Å². The fraction of sp³-hybridized carbons (Fsp3) is 0.200. The number of carbonyl (C=O) groups excluding carboxylic acids is 1. The van der Waals surface area contributed by atoms with Crippen molar-refractivity contribution >= 4 is 17.8 Å². The second-order valence-electron chi connectivity index (χ2n) is 5.93. The van der Waals surface area contributed by atoms with Gasteiger partial charge in [0.2, 0.25) is 0 Å². The van der Waals surface area contributed by atoms with Gasteiger partial charge in [-0.2, -0.15) is 0 Å². The van der Waals surface area contributed by atoms with Crippen LogP contribution in [0.2, 0.25) is 0 Å². The summed E-state index contributed by atoms with van der Waals surface area (Å²) in [6.45, 7) is 4.24. The lowest BCUT2D eigenvalue weighted by Crippen LogP contribution is -2.02. The molecule has 124 valence electrons. The van der Waals surface area contributed by atoms with Crippen molar-refractivity contribution in [3.8, 4) is 5.75 Å². The van der Waals surface area contributed by atoms with Gasteiger partial charge in [-0.05, 0) is 41.3 Å². The van der Waals surface area contributed by atoms with Crippen molar-refractivity contribution in [3.63, 3.8) is 0 Å². The number of aliphatic carboxylic acids is 1. The molecule has 0 unspecified atom stereocenters. The van der Waals surface area contributed by atoms with Crippen LogP contribution in [0.15, 0.2) is 48.5 Å². The van der Waals surface area contributed by atoms with E-state index < -0.39 is 5.97 Å². The molecule has 4 nitrogen and oxygen atoms in total. The van der Waals surface area contributed by atoms with Gasteiger partial charge in [0.25, 0.3) is 0 Å². The summed E-state index contributed by atoms with van der Waals surface area (Å²) >= 11 is 0. The molecule has 0 bridgehead atoms. The maximum absolute atomic E-state index is 12.2. The molecule has 0 aliphatic rings. The summed E-state index contributed by atoms with van der Waals surface area (Å²) in [6, 6.07) is 12.2. The number of ketones is 1. The first kappa shape index (κ1) is 17.5. The predicted octanol–water partition coefficient (Wildman–Crippen LogP) is 4.04. The number of carbonyl (C=O) groups is 2. The van der Waals surface area contributed by atoms with Crippen molar-refractivity contribution in [1.82, 2.24) is 0 Å². The highest BCUT2D eigenvalue weighted by Crippen LogP contribution is 2.20. The van der Waals surface area contributed by atoms with Crippen LogP contribution in [0.5, 0.6) is 5.75 Å². The van der Waals surface area contributed by atoms with Gasteiger partial charge in [0.05, 0.1) is 6.42 Å². The minimum Gasteiger partial charge on any atom is -0.508 e. The summed E-state index contributed by atoms with van der Waals surface area (Å²) in [5.41, 5.74) is 2.72. The van der Waals surface area contributed by atoms with Crippen molar-refractivity contribution in [2.24, 2.45) is 0 Å². The van der Waals surface area contributed by atoms with Gasteiger partial charge in [0, 0.05) is 11.1 Å². The largest absolute Gasteiger partial charge is 0.508 e. The Hall–Kier alpha value is -2.88. The van der Waals surface area contributed by atoms with Crippen molar-refractivity contribution < 1.29 is 19.8 Å². The Kier molecular flexibility index (Phi) is 5.53. The smallest absolute Gasteiger partial charge is 0.307 e. The third-order valence-corrected chi connectivity index (χ3v) is 3.74. The van der Waals surface area contributed by atoms with E-state index in [4.69, 9.17) is 5.11 Å². The van der Waals surface area contributed by atoms with Crippen LogP contribution in [-0.2, 0) is 11.2 Å².